The van der Waals surface area contributed by atoms with Crippen molar-refractivity contribution in [1.82, 2.24) is 5.32 Å². The van der Waals surface area contributed by atoms with Crippen LogP contribution in [0.4, 0.5) is 0 Å². The van der Waals surface area contributed by atoms with E-state index in [1.54, 1.807) is 0 Å². The Morgan fingerprint density at radius 1 is 1.40 bits per heavy atom. The van der Waals surface area contributed by atoms with Crippen LogP contribution >= 0.6 is 0 Å². The summed E-state index contributed by atoms with van der Waals surface area (Å²) in [5.41, 5.74) is 6.31. The summed E-state index contributed by atoms with van der Waals surface area (Å²) in [7, 11) is 0. The number of aliphatic hydroxyl groups excluding tert-OH is 1. The molecule has 0 radical (unpaired) electrons. The summed E-state index contributed by atoms with van der Waals surface area (Å²) in [4.78, 5) is 11.3. The molecule has 0 bridgehead atoms. The number of carbonyl (C=O) groups excluding carboxylic acids is 1. The minimum Gasteiger partial charge on any atom is -0.493 e. The number of hydrogen-bond acceptors (Lipinski definition) is 4. The van der Waals surface area contributed by atoms with Crippen molar-refractivity contribution in [2.45, 2.75) is 38.8 Å². The van der Waals surface area contributed by atoms with Crippen LogP contribution < -0.4 is 15.8 Å². The van der Waals surface area contributed by atoms with Gasteiger partial charge in [0.05, 0.1) is 12.6 Å². The third-order valence-electron chi connectivity index (χ3n) is 2.90. The van der Waals surface area contributed by atoms with Gasteiger partial charge in [0.2, 0.25) is 5.91 Å². The predicted octanol–water partition coefficient (Wildman–Crippen LogP) is 0.842. The number of rotatable bonds is 9. The molecule has 0 aliphatic rings. The number of aliphatic hydroxyl groups is 1. The van der Waals surface area contributed by atoms with Gasteiger partial charge in [-0.2, -0.15) is 0 Å². The maximum atomic E-state index is 11.3. The number of nitrogens with two attached hydrogens (primary N) is 1. The SMILES string of the molecule is CC(C)NC(CCOc1ccccc1CCO)C(N)=O. The molecule has 0 aliphatic carbocycles. The van der Waals surface area contributed by atoms with Gasteiger partial charge in [-0.3, -0.25) is 4.79 Å². The van der Waals surface area contributed by atoms with E-state index in [-0.39, 0.29) is 24.6 Å². The van der Waals surface area contributed by atoms with E-state index in [1.807, 2.05) is 38.1 Å². The molecule has 1 aromatic carbocycles. The first-order chi connectivity index (χ1) is 9.54. The van der Waals surface area contributed by atoms with Crippen LogP contribution in [0.1, 0.15) is 25.8 Å². The first kappa shape index (κ1) is 16.5. The minimum absolute atomic E-state index is 0.0825. The molecule has 0 aromatic heterocycles. The monoisotopic (exact) mass is 280 g/mol. The van der Waals surface area contributed by atoms with Gasteiger partial charge in [0.25, 0.3) is 0 Å². The standard InChI is InChI=1S/C15H24N2O3/c1-11(2)17-13(15(16)19)8-10-20-14-6-4-3-5-12(14)7-9-18/h3-6,11,13,17-18H,7-10H2,1-2H3,(H2,16,19). The van der Waals surface area contributed by atoms with E-state index < -0.39 is 0 Å². The summed E-state index contributed by atoms with van der Waals surface area (Å²) < 4.78 is 5.69. The Morgan fingerprint density at radius 2 is 2.10 bits per heavy atom. The van der Waals surface area contributed by atoms with E-state index in [2.05, 4.69) is 5.32 Å². The second kappa shape index (κ2) is 8.55. The van der Waals surface area contributed by atoms with Crippen molar-refractivity contribution in [3.8, 4) is 5.75 Å². The molecule has 1 amide bonds. The summed E-state index contributed by atoms with van der Waals surface area (Å²) in [6.07, 6.45) is 1.07. The molecule has 1 unspecified atom stereocenters. The first-order valence-corrected chi connectivity index (χ1v) is 6.91. The van der Waals surface area contributed by atoms with E-state index in [1.165, 1.54) is 0 Å². The van der Waals surface area contributed by atoms with E-state index in [0.29, 0.717) is 19.4 Å². The summed E-state index contributed by atoms with van der Waals surface area (Å²) in [6.45, 7) is 4.41. The molecule has 1 aromatic rings. The smallest absolute Gasteiger partial charge is 0.234 e. The van der Waals surface area contributed by atoms with Gasteiger partial charge in [-0.1, -0.05) is 32.0 Å². The molecule has 112 valence electrons. The lowest BCUT2D eigenvalue weighted by Crippen LogP contribution is -2.45. The van der Waals surface area contributed by atoms with Gasteiger partial charge < -0.3 is 20.9 Å². The molecule has 0 fully saturated rings. The highest BCUT2D eigenvalue weighted by Gasteiger charge is 2.16. The minimum atomic E-state index is -0.389. The Hall–Kier alpha value is -1.59. The number of carbonyl (C=O) groups is 1. The molecule has 0 spiro atoms. The van der Waals surface area contributed by atoms with Gasteiger partial charge >= 0.3 is 0 Å². The molecule has 0 saturated carbocycles. The number of benzene rings is 1. The van der Waals surface area contributed by atoms with Crippen LogP contribution in [-0.2, 0) is 11.2 Å². The Balaban J connectivity index is 2.52. The first-order valence-electron chi connectivity index (χ1n) is 6.91. The van der Waals surface area contributed by atoms with Crippen molar-refractivity contribution >= 4 is 5.91 Å². The molecular formula is C15H24N2O3. The highest BCUT2D eigenvalue weighted by molar-refractivity contribution is 5.79. The van der Waals surface area contributed by atoms with Crippen molar-refractivity contribution in [3.05, 3.63) is 29.8 Å². The highest BCUT2D eigenvalue weighted by atomic mass is 16.5. The van der Waals surface area contributed by atoms with Gasteiger partial charge in [0.1, 0.15) is 5.75 Å². The number of para-hydroxylation sites is 1. The maximum Gasteiger partial charge on any atom is 0.234 e. The van der Waals surface area contributed by atoms with Crippen LogP contribution in [0.25, 0.3) is 0 Å². The fourth-order valence-electron chi connectivity index (χ4n) is 1.97. The zero-order chi connectivity index (χ0) is 15.0. The predicted molar refractivity (Wildman–Crippen MR) is 78.6 cm³/mol. The Morgan fingerprint density at radius 3 is 2.70 bits per heavy atom. The molecule has 0 aliphatic heterocycles. The molecule has 1 rings (SSSR count). The van der Waals surface area contributed by atoms with Crippen molar-refractivity contribution in [2.75, 3.05) is 13.2 Å². The summed E-state index contributed by atoms with van der Waals surface area (Å²) in [5.74, 6) is 0.375. The van der Waals surface area contributed by atoms with Crippen LogP contribution in [0.3, 0.4) is 0 Å². The van der Waals surface area contributed by atoms with Gasteiger partial charge in [-0.15, -0.1) is 0 Å². The lowest BCUT2D eigenvalue weighted by Gasteiger charge is -2.19. The average molecular weight is 280 g/mol. The molecule has 0 saturated heterocycles. The number of amides is 1. The van der Waals surface area contributed by atoms with E-state index in [4.69, 9.17) is 15.6 Å². The molecule has 20 heavy (non-hydrogen) atoms. The largest absolute Gasteiger partial charge is 0.493 e. The molecule has 0 heterocycles. The quantitative estimate of drug-likeness (QED) is 0.626. The third kappa shape index (κ3) is 5.59. The van der Waals surface area contributed by atoms with E-state index >= 15 is 0 Å². The van der Waals surface area contributed by atoms with E-state index in [9.17, 15) is 4.79 Å². The number of ether oxygens (including phenoxy) is 1. The topological polar surface area (TPSA) is 84.6 Å². The molecule has 5 nitrogen and oxygen atoms in total. The molecule has 4 N–H and O–H groups in total. The van der Waals surface area contributed by atoms with Crippen molar-refractivity contribution < 1.29 is 14.6 Å². The normalized spacial score (nSPS) is 12.4. The average Bonchev–Trinajstić information content (AvgIpc) is 2.39. The van der Waals surface area contributed by atoms with Crippen molar-refractivity contribution in [2.24, 2.45) is 5.73 Å². The van der Waals surface area contributed by atoms with Crippen LogP contribution in [0, 0.1) is 0 Å². The summed E-state index contributed by atoms with van der Waals surface area (Å²) in [5, 5.41) is 12.1. The summed E-state index contributed by atoms with van der Waals surface area (Å²) >= 11 is 0. The number of primary amides is 1. The van der Waals surface area contributed by atoms with Crippen LogP contribution in [0.15, 0.2) is 24.3 Å². The Bertz CT molecular complexity index is 421. The highest BCUT2D eigenvalue weighted by Crippen LogP contribution is 2.18. The van der Waals surface area contributed by atoms with Gasteiger partial charge in [-0.25, -0.2) is 0 Å². The van der Waals surface area contributed by atoms with Gasteiger partial charge in [0, 0.05) is 19.1 Å². The van der Waals surface area contributed by atoms with Crippen LogP contribution in [0.5, 0.6) is 5.75 Å². The second-order valence-electron chi connectivity index (χ2n) is 4.99. The molecule has 1 atom stereocenters. The van der Waals surface area contributed by atoms with Gasteiger partial charge in [-0.05, 0) is 18.1 Å². The maximum absolute atomic E-state index is 11.3. The number of hydrogen-bond donors (Lipinski definition) is 3. The van der Waals surface area contributed by atoms with E-state index in [0.717, 1.165) is 11.3 Å². The number of nitrogens with one attached hydrogen (secondary N) is 1. The summed E-state index contributed by atoms with van der Waals surface area (Å²) in [6, 6.07) is 7.37. The van der Waals surface area contributed by atoms with Crippen molar-refractivity contribution in [1.29, 1.82) is 0 Å². The lowest BCUT2D eigenvalue weighted by molar-refractivity contribution is -0.120. The molecule has 5 heteroatoms. The zero-order valence-corrected chi connectivity index (χ0v) is 12.1. The van der Waals surface area contributed by atoms with Crippen LogP contribution in [-0.4, -0.2) is 36.3 Å². The Kier molecular flexibility index (Phi) is 7.04. The van der Waals surface area contributed by atoms with Crippen LogP contribution in [0.2, 0.25) is 0 Å². The zero-order valence-electron chi connectivity index (χ0n) is 12.1. The fraction of sp³-hybridized carbons (Fsp3) is 0.533. The molecular weight excluding hydrogens is 256 g/mol. The van der Waals surface area contributed by atoms with Crippen molar-refractivity contribution in [3.63, 3.8) is 0 Å². The second-order valence-corrected chi connectivity index (χ2v) is 4.99. The third-order valence-corrected chi connectivity index (χ3v) is 2.90. The lowest BCUT2D eigenvalue weighted by atomic mass is 10.1. The van der Waals surface area contributed by atoms with Gasteiger partial charge in [0.15, 0.2) is 0 Å². The fourth-order valence-corrected chi connectivity index (χ4v) is 1.97. The Labute approximate surface area is 120 Å².